The van der Waals surface area contributed by atoms with Gasteiger partial charge in [0.05, 0.1) is 35.5 Å². The van der Waals surface area contributed by atoms with E-state index in [1.807, 2.05) is 59.3 Å². The molecule has 1 aliphatic heterocycles. The van der Waals surface area contributed by atoms with E-state index in [9.17, 15) is 9.59 Å². The molecule has 1 N–H and O–H groups in total. The predicted octanol–water partition coefficient (Wildman–Crippen LogP) is 6.13. The lowest BCUT2D eigenvalue weighted by Crippen LogP contribution is -2.47. The number of nitrogens with zero attached hydrogens (tertiary/aromatic N) is 3. The van der Waals surface area contributed by atoms with Gasteiger partial charge in [0.15, 0.2) is 6.23 Å². The number of amides is 1. The minimum absolute atomic E-state index is 0.0246. The van der Waals surface area contributed by atoms with Crippen molar-refractivity contribution in [2.24, 2.45) is 5.92 Å². The summed E-state index contributed by atoms with van der Waals surface area (Å²) >= 11 is 1.55. The summed E-state index contributed by atoms with van der Waals surface area (Å²) in [4.78, 5) is 31.2. The summed E-state index contributed by atoms with van der Waals surface area (Å²) in [5.74, 6) is -0.483. The highest BCUT2D eigenvalue weighted by Crippen LogP contribution is 2.36. The van der Waals surface area contributed by atoms with Gasteiger partial charge in [-0.3, -0.25) is 14.6 Å². The van der Waals surface area contributed by atoms with E-state index in [0.717, 1.165) is 58.0 Å². The van der Waals surface area contributed by atoms with Gasteiger partial charge in [0.1, 0.15) is 0 Å². The number of nitrogens with one attached hydrogen (secondary N) is 1. The molecular weight excluding hydrogens is 536 g/mol. The van der Waals surface area contributed by atoms with Crippen molar-refractivity contribution in [3.05, 3.63) is 83.8 Å². The zero-order chi connectivity index (χ0) is 28.2. The topological polar surface area (TPSA) is 95.3 Å². The zero-order valence-corrected chi connectivity index (χ0v) is 23.7. The Hall–Kier alpha value is -3.95. The summed E-state index contributed by atoms with van der Waals surface area (Å²) in [5.41, 5.74) is 3.34. The third-order valence-corrected chi connectivity index (χ3v) is 8.67. The lowest BCUT2D eigenvalue weighted by molar-refractivity contribution is -0.149. The summed E-state index contributed by atoms with van der Waals surface area (Å²) in [6.45, 7) is 0.726. The first-order chi connectivity index (χ1) is 20.1. The number of methoxy groups -OCH3 is 1. The number of hydrogen-bond acceptors (Lipinski definition) is 7. The number of rotatable bonds is 8. The van der Waals surface area contributed by atoms with Crippen molar-refractivity contribution in [3.63, 3.8) is 0 Å². The van der Waals surface area contributed by atoms with E-state index in [4.69, 9.17) is 14.6 Å². The van der Waals surface area contributed by atoms with Crippen molar-refractivity contribution in [3.8, 4) is 0 Å². The number of fused-ring (bicyclic) bond motifs is 1. The highest BCUT2D eigenvalue weighted by atomic mass is 32.2. The number of carbonyl (C=O) groups excluding carboxylic acids is 2. The Kier molecular flexibility index (Phi) is 8.16. The van der Waals surface area contributed by atoms with Crippen molar-refractivity contribution < 1.29 is 19.1 Å². The van der Waals surface area contributed by atoms with Gasteiger partial charge in [0, 0.05) is 34.0 Å². The van der Waals surface area contributed by atoms with Gasteiger partial charge in [0.25, 0.3) is 5.91 Å². The third kappa shape index (κ3) is 6.06. The maximum Gasteiger partial charge on any atom is 0.308 e. The Morgan fingerprint density at radius 2 is 1.93 bits per heavy atom. The van der Waals surface area contributed by atoms with Crippen LogP contribution in [0.1, 0.15) is 60.1 Å². The molecule has 1 saturated carbocycles. The molecule has 9 heteroatoms. The van der Waals surface area contributed by atoms with E-state index in [-0.39, 0.29) is 30.1 Å². The van der Waals surface area contributed by atoms with Crippen LogP contribution in [0.3, 0.4) is 0 Å². The summed E-state index contributed by atoms with van der Waals surface area (Å²) in [5, 5.41) is 9.08. The second-order valence-corrected chi connectivity index (χ2v) is 11.5. The van der Waals surface area contributed by atoms with Gasteiger partial charge < -0.3 is 14.8 Å². The molecule has 1 unspecified atom stereocenters. The van der Waals surface area contributed by atoms with Crippen molar-refractivity contribution in [1.29, 1.82) is 0 Å². The van der Waals surface area contributed by atoms with Crippen LogP contribution >= 0.6 is 11.8 Å². The summed E-state index contributed by atoms with van der Waals surface area (Å²) in [6, 6.07) is 19.7. The van der Waals surface area contributed by atoms with E-state index in [1.54, 1.807) is 18.0 Å². The van der Waals surface area contributed by atoms with Gasteiger partial charge >= 0.3 is 5.97 Å². The van der Waals surface area contributed by atoms with E-state index < -0.39 is 0 Å². The molecule has 3 heterocycles. The van der Waals surface area contributed by atoms with Gasteiger partial charge in [-0.1, -0.05) is 30.0 Å². The van der Waals surface area contributed by atoms with E-state index >= 15 is 0 Å². The van der Waals surface area contributed by atoms with Crippen LogP contribution < -0.4 is 5.32 Å². The first-order valence-corrected chi connectivity index (χ1v) is 14.8. The normalized spacial score (nSPS) is 20.6. The van der Waals surface area contributed by atoms with Crippen LogP contribution in [0, 0.1) is 5.92 Å². The SMILES string of the molecule is COC(=O)C1CC(NC(=O)c2ccccc2Sc2ccc3c(/C=C/c4ccccn4)nn(C4CCCCO4)c3c2)C1. The lowest BCUT2D eigenvalue weighted by atomic mass is 9.80. The van der Waals surface area contributed by atoms with Crippen LogP contribution in [0.4, 0.5) is 0 Å². The first-order valence-electron chi connectivity index (χ1n) is 14.0. The maximum atomic E-state index is 13.2. The maximum absolute atomic E-state index is 13.2. The zero-order valence-electron chi connectivity index (χ0n) is 22.9. The average Bonchev–Trinajstić information content (AvgIpc) is 3.36. The van der Waals surface area contributed by atoms with Gasteiger partial charge in [-0.05, 0) is 86.7 Å². The Morgan fingerprint density at radius 3 is 2.71 bits per heavy atom. The number of aromatic nitrogens is 3. The molecule has 41 heavy (non-hydrogen) atoms. The standard InChI is InChI=1S/C32H32N4O4S/c1-39-32(38)21-18-23(19-21)34-31(37)26-9-2-3-10-29(26)41-24-13-14-25-27(15-12-22-8-4-6-16-33-22)35-36(28(25)20-24)30-11-5-7-17-40-30/h2-4,6,8-10,12-16,20-21,23,30H,5,7,11,17-19H2,1H3,(H,34,37)/b15-12+. The van der Waals surface area contributed by atoms with Gasteiger partial charge in [-0.15, -0.1) is 0 Å². The van der Waals surface area contributed by atoms with Gasteiger partial charge in [0.2, 0.25) is 0 Å². The number of ether oxygens (including phenoxy) is 2. The molecule has 1 saturated heterocycles. The van der Waals surface area contributed by atoms with Crippen molar-refractivity contribution in [1.82, 2.24) is 20.1 Å². The van der Waals surface area contributed by atoms with Crippen molar-refractivity contribution in [2.45, 2.75) is 54.2 Å². The second-order valence-electron chi connectivity index (χ2n) is 10.4. The summed E-state index contributed by atoms with van der Waals surface area (Å²) in [7, 11) is 1.40. The minimum atomic E-state index is -0.213. The molecule has 2 aromatic heterocycles. The quantitative estimate of drug-likeness (QED) is 0.255. The predicted molar refractivity (Wildman–Crippen MR) is 158 cm³/mol. The largest absolute Gasteiger partial charge is 0.469 e. The highest BCUT2D eigenvalue weighted by Gasteiger charge is 2.36. The monoisotopic (exact) mass is 568 g/mol. The van der Waals surface area contributed by atoms with E-state index in [2.05, 4.69) is 28.5 Å². The Balaban J connectivity index is 1.26. The summed E-state index contributed by atoms with van der Waals surface area (Å²) in [6.07, 6.45) is 9.93. The van der Waals surface area contributed by atoms with E-state index in [1.165, 1.54) is 7.11 Å². The minimum Gasteiger partial charge on any atom is -0.469 e. The molecule has 2 aromatic carbocycles. The highest BCUT2D eigenvalue weighted by molar-refractivity contribution is 7.99. The third-order valence-electron chi connectivity index (χ3n) is 7.60. The van der Waals surface area contributed by atoms with Crippen molar-refractivity contribution in [2.75, 3.05) is 13.7 Å². The number of esters is 1. The van der Waals surface area contributed by atoms with Crippen LogP contribution in [0.5, 0.6) is 0 Å². The van der Waals surface area contributed by atoms with Crippen LogP contribution in [-0.2, 0) is 14.3 Å². The summed E-state index contributed by atoms with van der Waals surface area (Å²) < 4.78 is 12.9. The number of carbonyl (C=O) groups is 2. The molecule has 0 bridgehead atoms. The molecule has 1 atom stereocenters. The Labute approximate surface area is 243 Å². The molecule has 1 aliphatic carbocycles. The van der Waals surface area contributed by atoms with Gasteiger partial charge in [-0.25, -0.2) is 4.68 Å². The molecule has 4 aromatic rings. The number of hydrogen-bond donors (Lipinski definition) is 1. The number of pyridine rings is 1. The molecular formula is C32H32N4O4S. The first kappa shape index (κ1) is 27.2. The fourth-order valence-electron chi connectivity index (χ4n) is 5.33. The molecule has 6 rings (SSSR count). The smallest absolute Gasteiger partial charge is 0.308 e. The van der Waals surface area contributed by atoms with Crippen molar-refractivity contribution >= 4 is 46.7 Å². The molecule has 1 amide bonds. The Bertz CT molecular complexity index is 1570. The fourth-order valence-corrected chi connectivity index (χ4v) is 6.31. The van der Waals surface area contributed by atoms with Crippen LogP contribution in [0.2, 0.25) is 0 Å². The lowest BCUT2D eigenvalue weighted by Gasteiger charge is -2.33. The fraction of sp³-hybridized carbons (Fsp3) is 0.312. The second kappa shape index (κ2) is 12.3. The molecule has 210 valence electrons. The molecule has 0 radical (unpaired) electrons. The molecule has 0 spiro atoms. The van der Waals surface area contributed by atoms with Crippen LogP contribution in [-0.4, -0.2) is 46.4 Å². The van der Waals surface area contributed by atoms with Crippen LogP contribution in [0.25, 0.3) is 23.1 Å². The number of benzene rings is 2. The average molecular weight is 569 g/mol. The Morgan fingerprint density at radius 1 is 1.07 bits per heavy atom. The van der Waals surface area contributed by atoms with Crippen LogP contribution in [0.15, 0.2) is 76.7 Å². The molecule has 2 fully saturated rings. The van der Waals surface area contributed by atoms with Gasteiger partial charge in [-0.2, -0.15) is 5.10 Å². The van der Waals surface area contributed by atoms with E-state index in [0.29, 0.717) is 18.4 Å². The molecule has 8 nitrogen and oxygen atoms in total. The molecule has 2 aliphatic rings.